The summed E-state index contributed by atoms with van der Waals surface area (Å²) in [5.41, 5.74) is 0.863. The van der Waals surface area contributed by atoms with Crippen LogP contribution < -0.4 is 0 Å². The van der Waals surface area contributed by atoms with Crippen molar-refractivity contribution in [1.29, 1.82) is 5.26 Å². The van der Waals surface area contributed by atoms with Gasteiger partial charge in [-0.3, -0.25) is 9.48 Å². The Balaban J connectivity index is 1.87. The summed E-state index contributed by atoms with van der Waals surface area (Å²) in [5.74, 6) is -0.349. The van der Waals surface area contributed by atoms with Crippen molar-refractivity contribution in [2.24, 2.45) is 5.92 Å². The second-order valence-corrected chi connectivity index (χ2v) is 11.0. The van der Waals surface area contributed by atoms with E-state index in [1.807, 2.05) is 13.0 Å². The Hall–Kier alpha value is -2.85. The molecule has 2 aromatic rings. The van der Waals surface area contributed by atoms with E-state index in [1.165, 1.54) is 29.6 Å². The first-order chi connectivity index (χ1) is 16.6. The predicted molar refractivity (Wildman–Crippen MR) is 126 cm³/mol. The molecule has 0 radical (unpaired) electrons. The van der Waals surface area contributed by atoms with Crippen molar-refractivity contribution in [2.75, 3.05) is 26.7 Å². The molecule has 0 saturated carbocycles. The van der Waals surface area contributed by atoms with Gasteiger partial charge >= 0.3 is 0 Å². The fourth-order valence-electron chi connectivity index (χ4n) is 3.95. The summed E-state index contributed by atoms with van der Waals surface area (Å²) in [6, 6.07) is 7.42. The van der Waals surface area contributed by atoms with Crippen molar-refractivity contribution in [3.05, 3.63) is 41.7 Å². The second-order valence-electron chi connectivity index (χ2n) is 8.91. The molecule has 12 heteroatoms. The number of carbonyl (C=O) groups is 1. The number of carbonyl (C=O) groups excluding carboxylic acids is 1. The van der Waals surface area contributed by atoms with Gasteiger partial charge in [-0.25, -0.2) is 8.42 Å². The number of aliphatic hydroxyl groups is 1. The lowest BCUT2D eigenvalue weighted by atomic mass is 10.0. The third kappa shape index (κ3) is 6.64. The highest BCUT2D eigenvalue weighted by Crippen LogP contribution is 2.21. The third-order valence-corrected chi connectivity index (χ3v) is 7.97. The SMILES string of the molecule is C[C@@H]1CN([C@H](C)CO)C(=O)CCCn2cc(nn2)CO[C@H]1CN(C)S(=O)(=O)c1cccc(C#N)c1. The molecule has 0 spiro atoms. The number of aryl methyl sites for hydroxylation is 1. The number of ether oxygens (including phenoxy) is 1. The highest BCUT2D eigenvalue weighted by atomic mass is 32.2. The van der Waals surface area contributed by atoms with Gasteiger partial charge in [0.1, 0.15) is 5.69 Å². The maximum atomic E-state index is 13.2. The van der Waals surface area contributed by atoms with Crippen LogP contribution in [0, 0.1) is 17.2 Å². The molecule has 1 aromatic heterocycles. The van der Waals surface area contributed by atoms with Crippen molar-refractivity contribution in [2.45, 2.75) is 56.9 Å². The highest BCUT2D eigenvalue weighted by molar-refractivity contribution is 7.89. The molecule has 1 aromatic carbocycles. The summed E-state index contributed by atoms with van der Waals surface area (Å²) >= 11 is 0. The van der Waals surface area contributed by atoms with E-state index in [4.69, 9.17) is 10.00 Å². The van der Waals surface area contributed by atoms with Gasteiger partial charge in [-0.15, -0.1) is 5.10 Å². The minimum absolute atomic E-state index is 0.0178. The summed E-state index contributed by atoms with van der Waals surface area (Å²) < 4.78 is 35.4. The Bertz CT molecular complexity index is 1160. The first-order valence-corrected chi connectivity index (χ1v) is 13.0. The van der Waals surface area contributed by atoms with E-state index in [0.717, 1.165) is 0 Å². The first-order valence-electron chi connectivity index (χ1n) is 11.5. The van der Waals surface area contributed by atoms with Gasteiger partial charge in [-0.1, -0.05) is 18.2 Å². The molecule has 2 bridgehead atoms. The number of hydrogen-bond donors (Lipinski definition) is 1. The number of benzene rings is 1. The van der Waals surface area contributed by atoms with Crippen LogP contribution in [0.15, 0.2) is 35.4 Å². The van der Waals surface area contributed by atoms with Crippen molar-refractivity contribution < 1.29 is 23.1 Å². The number of sulfonamides is 1. The summed E-state index contributed by atoms with van der Waals surface area (Å²) in [7, 11) is -2.43. The van der Waals surface area contributed by atoms with Gasteiger partial charge in [0.15, 0.2) is 0 Å². The van der Waals surface area contributed by atoms with Gasteiger partial charge in [0, 0.05) is 39.0 Å². The van der Waals surface area contributed by atoms with Gasteiger partial charge in [-0.2, -0.15) is 9.57 Å². The van der Waals surface area contributed by atoms with Gasteiger partial charge < -0.3 is 14.7 Å². The maximum Gasteiger partial charge on any atom is 0.242 e. The molecule has 2 heterocycles. The lowest BCUT2D eigenvalue weighted by Gasteiger charge is -2.35. The molecule has 3 rings (SSSR count). The summed E-state index contributed by atoms with van der Waals surface area (Å²) in [6.45, 7) is 4.47. The van der Waals surface area contributed by atoms with Gasteiger partial charge in [-0.05, 0) is 31.5 Å². The zero-order valence-electron chi connectivity index (χ0n) is 20.2. The van der Waals surface area contributed by atoms with Crippen molar-refractivity contribution in [3.8, 4) is 6.07 Å². The molecule has 1 N–H and O–H groups in total. The van der Waals surface area contributed by atoms with Crippen LogP contribution in [0.25, 0.3) is 0 Å². The number of aliphatic hydroxyl groups excluding tert-OH is 1. The summed E-state index contributed by atoms with van der Waals surface area (Å²) in [5, 5.41) is 27.0. The number of aromatic nitrogens is 3. The molecule has 0 aliphatic carbocycles. The molecular formula is C23H32N6O5S. The zero-order valence-corrected chi connectivity index (χ0v) is 21.1. The smallest absolute Gasteiger partial charge is 0.242 e. The fourth-order valence-corrected chi connectivity index (χ4v) is 5.18. The van der Waals surface area contributed by atoms with Gasteiger partial charge in [0.25, 0.3) is 0 Å². The Morgan fingerprint density at radius 1 is 1.40 bits per heavy atom. The molecular weight excluding hydrogens is 472 g/mol. The van der Waals surface area contributed by atoms with Crippen LogP contribution in [0.4, 0.5) is 0 Å². The fraction of sp³-hybridized carbons (Fsp3) is 0.565. The van der Waals surface area contributed by atoms with E-state index >= 15 is 0 Å². The van der Waals surface area contributed by atoms with E-state index in [0.29, 0.717) is 31.6 Å². The average molecular weight is 505 g/mol. The Labute approximate surface area is 205 Å². The molecule has 0 unspecified atom stereocenters. The van der Waals surface area contributed by atoms with Crippen LogP contribution in [-0.2, 0) is 32.7 Å². The second kappa shape index (κ2) is 11.7. The minimum Gasteiger partial charge on any atom is -0.394 e. The molecule has 11 nitrogen and oxygen atoms in total. The van der Waals surface area contributed by atoms with Crippen LogP contribution in [-0.4, -0.2) is 82.5 Å². The topological polar surface area (TPSA) is 142 Å². The molecule has 190 valence electrons. The number of nitriles is 1. The number of amides is 1. The minimum atomic E-state index is -3.89. The number of likely N-dealkylation sites (N-methyl/N-ethyl adjacent to an activating group) is 1. The lowest BCUT2D eigenvalue weighted by molar-refractivity contribution is -0.136. The van der Waals surface area contributed by atoms with E-state index in [-0.39, 0.29) is 48.1 Å². The average Bonchev–Trinajstić information content (AvgIpc) is 3.31. The molecule has 1 aliphatic heterocycles. The standard InChI is InChI=1S/C23H32N6O5S/c1-17-12-29(18(2)15-30)23(31)8-5-9-28-13-20(25-26-28)16-34-22(17)14-27(3)35(32,33)21-7-4-6-19(10-21)11-24/h4,6-7,10,13,17-18,22,30H,5,8-9,12,14-16H2,1-3H3/t17-,18-,22+/m1/s1. The maximum absolute atomic E-state index is 13.2. The molecule has 1 amide bonds. The van der Waals surface area contributed by atoms with E-state index in [1.54, 1.807) is 28.8 Å². The van der Waals surface area contributed by atoms with E-state index in [9.17, 15) is 18.3 Å². The van der Waals surface area contributed by atoms with Gasteiger partial charge in [0.2, 0.25) is 15.9 Å². The van der Waals surface area contributed by atoms with Crippen LogP contribution in [0.1, 0.15) is 37.9 Å². The van der Waals surface area contributed by atoms with Crippen molar-refractivity contribution in [3.63, 3.8) is 0 Å². The number of nitrogens with zero attached hydrogens (tertiary/aromatic N) is 6. The quantitative estimate of drug-likeness (QED) is 0.614. The third-order valence-electron chi connectivity index (χ3n) is 6.15. The lowest BCUT2D eigenvalue weighted by Crippen LogP contribution is -2.47. The predicted octanol–water partition coefficient (Wildman–Crippen LogP) is 0.995. The highest BCUT2D eigenvalue weighted by Gasteiger charge is 2.31. The largest absolute Gasteiger partial charge is 0.394 e. The van der Waals surface area contributed by atoms with Gasteiger partial charge in [0.05, 0.1) is 48.1 Å². The molecule has 35 heavy (non-hydrogen) atoms. The summed E-state index contributed by atoms with van der Waals surface area (Å²) in [6.07, 6.45) is 2.05. The normalized spacial score (nSPS) is 21.0. The van der Waals surface area contributed by atoms with Crippen LogP contribution >= 0.6 is 0 Å². The number of rotatable bonds is 6. The molecule has 1 aliphatic rings. The first kappa shape index (κ1) is 26.7. The van der Waals surface area contributed by atoms with E-state index < -0.39 is 16.1 Å². The Kier molecular flexibility index (Phi) is 8.96. The zero-order chi connectivity index (χ0) is 25.6. The van der Waals surface area contributed by atoms with Crippen molar-refractivity contribution >= 4 is 15.9 Å². The molecule has 0 fully saturated rings. The van der Waals surface area contributed by atoms with Crippen LogP contribution in [0.3, 0.4) is 0 Å². The molecule has 0 saturated heterocycles. The Morgan fingerprint density at radius 2 is 2.17 bits per heavy atom. The summed E-state index contributed by atoms with van der Waals surface area (Å²) in [4.78, 5) is 14.6. The van der Waals surface area contributed by atoms with Crippen LogP contribution in [0.5, 0.6) is 0 Å². The number of hydrogen-bond acceptors (Lipinski definition) is 8. The molecule has 3 atom stereocenters. The monoisotopic (exact) mass is 504 g/mol. The Morgan fingerprint density at radius 3 is 2.89 bits per heavy atom. The number of fused-ring (bicyclic) bond motifs is 2. The van der Waals surface area contributed by atoms with Crippen molar-refractivity contribution in [1.82, 2.24) is 24.2 Å². The van der Waals surface area contributed by atoms with E-state index in [2.05, 4.69) is 10.3 Å². The van der Waals surface area contributed by atoms with Crippen LogP contribution in [0.2, 0.25) is 0 Å².